The van der Waals surface area contributed by atoms with E-state index >= 15 is 0 Å². The average Bonchev–Trinajstić information content (AvgIpc) is 2.28. The lowest BCUT2D eigenvalue weighted by Crippen LogP contribution is -2.25. The fourth-order valence-corrected chi connectivity index (χ4v) is 1.31. The van der Waals surface area contributed by atoms with Crippen LogP contribution in [0.1, 0.15) is 18.4 Å². The van der Waals surface area contributed by atoms with Gasteiger partial charge in [-0.25, -0.2) is 0 Å². The Labute approximate surface area is 91.0 Å². The van der Waals surface area contributed by atoms with E-state index in [2.05, 4.69) is 24.0 Å². The summed E-state index contributed by atoms with van der Waals surface area (Å²) in [6, 6.07) is 10.1. The first-order valence-electron chi connectivity index (χ1n) is 5.24. The van der Waals surface area contributed by atoms with E-state index in [0.717, 1.165) is 12.8 Å². The van der Waals surface area contributed by atoms with E-state index < -0.39 is 0 Å². The molecule has 0 bridgehead atoms. The number of nitrogens with one attached hydrogen (secondary N) is 1. The molecule has 0 saturated heterocycles. The van der Waals surface area contributed by atoms with Gasteiger partial charge in [-0.3, -0.25) is 4.79 Å². The normalized spacial score (nSPS) is 9.60. The van der Waals surface area contributed by atoms with Crippen LogP contribution in [0.3, 0.4) is 0 Å². The van der Waals surface area contributed by atoms with Crippen molar-refractivity contribution in [1.29, 1.82) is 0 Å². The van der Waals surface area contributed by atoms with Gasteiger partial charge in [-0.1, -0.05) is 36.4 Å². The summed E-state index contributed by atoms with van der Waals surface area (Å²) < 4.78 is 0. The fraction of sp³-hybridized carbons (Fsp3) is 0.308. The monoisotopic (exact) mass is 203 g/mol. The number of hydrogen-bond donors (Lipinski definition) is 1. The summed E-state index contributed by atoms with van der Waals surface area (Å²) in [5.74, 6) is 0.103. The lowest BCUT2D eigenvalue weighted by Gasteiger charge is -2.03. The average molecular weight is 203 g/mol. The topological polar surface area (TPSA) is 29.1 Å². The van der Waals surface area contributed by atoms with Crippen LogP contribution < -0.4 is 5.32 Å². The summed E-state index contributed by atoms with van der Waals surface area (Å²) in [5, 5.41) is 2.88. The lowest BCUT2D eigenvalue weighted by molar-refractivity contribution is -0.120. The summed E-state index contributed by atoms with van der Waals surface area (Å²) in [6.45, 7) is 4.29. The molecule has 2 heteroatoms. The first-order valence-corrected chi connectivity index (χ1v) is 5.24. The molecule has 80 valence electrons. The molecule has 0 spiro atoms. The number of amides is 1. The summed E-state index contributed by atoms with van der Waals surface area (Å²) in [6.07, 6.45) is 3.94. The van der Waals surface area contributed by atoms with Gasteiger partial charge in [0.2, 0.25) is 5.91 Å². The molecule has 1 N–H and O–H groups in total. The van der Waals surface area contributed by atoms with Crippen molar-refractivity contribution in [1.82, 2.24) is 5.32 Å². The molecule has 2 nitrogen and oxygen atoms in total. The number of benzene rings is 1. The van der Waals surface area contributed by atoms with Gasteiger partial charge in [0.15, 0.2) is 0 Å². The zero-order valence-corrected chi connectivity index (χ0v) is 8.91. The predicted molar refractivity (Wildman–Crippen MR) is 62.6 cm³/mol. The molecular formula is C13H17NO. The summed E-state index contributed by atoms with van der Waals surface area (Å²) >= 11 is 0. The standard InChI is InChI=1S/C13H17NO/c1-2-3-9-13(15)14-11-10-12-7-5-4-6-8-12/h2,4-8H,1,3,9-11H2,(H,14,15). The Morgan fingerprint density at radius 3 is 2.73 bits per heavy atom. The molecule has 0 fully saturated rings. The first-order chi connectivity index (χ1) is 7.33. The van der Waals surface area contributed by atoms with Crippen LogP contribution in [-0.4, -0.2) is 12.5 Å². The number of hydrogen-bond acceptors (Lipinski definition) is 1. The molecule has 0 aliphatic heterocycles. The third kappa shape index (κ3) is 5.01. The van der Waals surface area contributed by atoms with Gasteiger partial charge in [-0.15, -0.1) is 6.58 Å². The molecule has 1 amide bonds. The van der Waals surface area contributed by atoms with Crippen molar-refractivity contribution in [2.45, 2.75) is 19.3 Å². The molecular weight excluding hydrogens is 186 g/mol. The van der Waals surface area contributed by atoms with Crippen LogP contribution in [0, 0.1) is 0 Å². The molecule has 0 heterocycles. The maximum atomic E-state index is 11.2. The highest BCUT2D eigenvalue weighted by molar-refractivity contribution is 5.75. The number of carbonyl (C=O) groups is 1. The Kier molecular flexibility index (Phi) is 5.23. The van der Waals surface area contributed by atoms with Crippen molar-refractivity contribution in [2.75, 3.05) is 6.54 Å². The third-order valence-corrected chi connectivity index (χ3v) is 2.15. The summed E-state index contributed by atoms with van der Waals surface area (Å²) in [7, 11) is 0. The highest BCUT2D eigenvalue weighted by atomic mass is 16.1. The van der Waals surface area contributed by atoms with Crippen LogP contribution in [0.4, 0.5) is 0 Å². The molecule has 15 heavy (non-hydrogen) atoms. The molecule has 0 aliphatic rings. The minimum absolute atomic E-state index is 0.103. The molecule has 0 atom stereocenters. The molecule has 0 aliphatic carbocycles. The van der Waals surface area contributed by atoms with E-state index in [4.69, 9.17) is 0 Å². The van der Waals surface area contributed by atoms with Crippen molar-refractivity contribution < 1.29 is 4.79 Å². The molecule has 0 saturated carbocycles. The predicted octanol–water partition coefficient (Wildman–Crippen LogP) is 2.31. The zero-order chi connectivity index (χ0) is 10.9. The van der Waals surface area contributed by atoms with Gasteiger partial charge in [0.05, 0.1) is 0 Å². The second-order valence-electron chi connectivity index (χ2n) is 3.41. The highest BCUT2D eigenvalue weighted by Crippen LogP contribution is 1.98. The Balaban J connectivity index is 2.16. The number of carbonyl (C=O) groups excluding carboxylic acids is 1. The Hall–Kier alpha value is -1.57. The van der Waals surface area contributed by atoms with E-state index in [-0.39, 0.29) is 5.91 Å². The summed E-state index contributed by atoms with van der Waals surface area (Å²) in [4.78, 5) is 11.2. The lowest BCUT2D eigenvalue weighted by atomic mass is 10.1. The molecule has 0 aromatic heterocycles. The maximum Gasteiger partial charge on any atom is 0.220 e. The van der Waals surface area contributed by atoms with Crippen LogP contribution in [0.25, 0.3) is 0 Å². The van der Waals surface area contributed by atoms with Crippen LogP contribution in [0.2, 0.25) is 0 Å². The second kappa shape index (κ2) is 6.82. The number of allylic oxidation sites excluding steroid dienone is 1. The van der Waals surface area contributed by atoms with Crippen LogP contribution in [0.15, 0.2) is 43.0 Å². The van der Waals surface area contributed by atoms with Gasteiger partial charge >= 0.3 is 0 Å². The SMILES string of the molecule is C=CCCC(=O)NCCc1ccccc1. The molecule has 0 radical (unpaired) electrons. The van der Waals surface area contributed by atoms with Gasteiger partial charge in [0, 0.05) is 13.0 Å². The highest BCUT2D eigenvalue weighted by Gasteiger charge is 1.98. The molecule has 0 unspecified atom stereocenters. The van der Waals surface area contributed by atoms with Gasteiger partial charge in [-0.05, 0) is 18.4 Å². The molecule has 1 aromatic rings. The van der Waals surface area contributed by atoms with Crippen molar-refractivity contribution in [2.24, 2.45) is 0 Å². The zero-order valence-electron chi connectivity index (χ0n) is 8.91. The van der Waals surface area contributed by atoms with E-state index in [0.29, 0.717) is 13.0 Å². The largest absolute Gasteiger partial charge is 0.356 e. The van der Waals surface area contributed by atoms with E-state index in [1.54, 1.807) is 6.08 Å². The van der Waals surface area contributed by atoms with Crippen molar-refractivity contribution in [3.63, 3.8) is 0 Å². The van der Waals surface area contributed by atoms with Crippen LogP contribution >= 0.6 is 0 Å². The van der Waals surface area contributed by atoms with E-state index in [1.807, 2.05) is 18.2 Å². The van der Waals surface area contributed by atoms with Gasteiger partial charge in [-0.2, -0.15) is 0 Å². The van der Waals surface area contributed by atoms with Crippen molar-refractivity contribution >= 4 is 5.91 Å². The Bertz CT molecular complexity index is 306. The quantitative estimate of drug-likeness (QED) is 0.706. The van der Waals surface area contributed by atoms with E-state index in [1.165, 1.54) is 5.56 Å². The fourth-order valence-electron chi connectivity index (χ4n) is 1.31. The molecule has 1 rings (SSSR count). The third-order valence-electron chi connectivity index (χ3n) is 2.15. The minimum Gasteiger partial charge on any atom is -0.356 e. The molecule has 1 aromatic carbocycles. The van der Waals surface area contributed by atoms with Gasteiger partial charge < -0.3 is 5.32 Å². The Morgan fingerprint density at radius 2 is 2.07 bits per heavy atom. The Morgan fingerprint density at radius 1 is 1.33 bits per heavy atom. The van der Waals surface area contributed by atoms with E-state index in [9.17, 15) is 4.79 Å². The smallest absolute Gasteiger partial charge is 0.220 e. The first kappa shape index (κ1) is 11.5. The second-order valence-corrected chi connectivity index (χ2v) is 3.41. The van der Waals surface area contributed by atoms with Crippen molar-refractivity contribution in [3.8, 4) is 0 Å². The minimum atomic E-state index is 0.103. The van der Waals surface area contributed by atoms with Gasteiger partial charge in [0.1, 0.15) is 0 Å². The maximum absolute atomic E-state index is 11.2. The summed E-state index contributed by atoms with van der Waals surface area (Å²) in [5.41, 5.74) is 1.25. The van der Waals surface area contributed by atoms with Crippen LogP contribution in [-0.2, 0) is 11.2 Å². The van der Waals surface area contributed by atoms with Crippen LogP contribution in [0.5, 0.6) is 0 Å². The number of rotatable bonds is 6. The van der Waals surface area contributed by atoms with Gasteiger partial charge in [0.25, 0.3) is 0 Å². The van der Waals surface area contributed by atoms with Crippen molar-refractivity contribution in [3.05, 3.63) is 48.6 Å².